The van der Waals surface area contributed by atoms with Gasteiger partial charge in [0, 0.05) is 28.8 Å². The summed E-state index contributed by atoms with van der Waals surface area (Å²) in [7, 11) is 0. The molecule has 4 aromatic rings. The van der Waals surface area contributed by atoms with E-state index >= 15 is 0 Å². The van der Waals surface area contributed by atoms with Crippen LogP contribution in [0, 0.1) is 13.8 Å². The number of fused-ring (bicyclic) bond motifs is 1. The second-order valence-corrected chi connectivity index (χ2v) is 7.98. The van der Waals surface area contributed by atoms with E-state index in [0.717, 1.165) is 22.6 Å². The van der Waals surface area contributed by atoms with Crippen LogP contribution in [0.15, 0.2) is 41.7 Å². The second-order valence-electron chi connectivity index (χ2n) is 7.21. The Morgan fingerprint density at radius 3 is 2.55 bits per heavy atom. The summed E-state index contributed by atoms with van der Waals surface area (Å²) in [6.07, 6.45) is 3.75. The summed E-state index contributed by atoms with van der Waals surface area (Å²) in [6.45, 7) is 5.81. The van der Waals surface area contributed by atoms with E-state index in [-0.39, 0.29) is 18.0 Å². The smallest absolute Gasteiger partial charge is 0.358 e. The molecule has 4 rings (SSSR count). The Balaban J connectivity index is 1.46. The number of ether oxygens (including phenoxy) is 1. The molecule has 0 aliphatic heterocycles. The number of carbonyl (C=O) groups is 2. The molecular weight excluding hydrogens is 442 g/mol. The van der Waals surface area contributed by atoms with E-state index in [4.69, 9.17) is 4.74 Å². The number of nitrogens with zero attached hydrogens (tertiary/aromatic N) is 6. The molecule has 3 heterocycles. The van der Waals surface area contributed by atoms with Gasteiger partial charge in [-0.25, -0.2) is 19.0 Å². The first-order chi connectivity index (χ1) is 15.9. The van der Waals surface area contributed by atoms with Gasteiger partial charge in [-0.05, 0) is 57.4 Å². The van der Waals surface area contributed by atoms with Gasteiger partial charge in [0.25, 0.3) is 5.78 Å². The summed E-state index contributed by atoms with van der Waals surface area (Å²) < 4.78 is 8.21. The molecule has 0 aliphatic carbocycles. The van der Waals surface area contributed by atoms with E-state index in [1.54, 1.807) is 52.6 Å². The number of carbonyl (C=O) groups excluding carboxylic acids is 2. The average Bonchev–Trinajstić information content (AvgIpc) is 3.45. The van der Waals surface area contributed by atoms with Crippen LogP contribution in [0.2, 0.25) is 0 Å². The Hall–Kier alpha value is -3.73. The lowest BCUT2D eigenvalue weighted by molar-refractivity contribution is -0.115. The van der Waals surface area contributed by atoms with Crippen LogP contribution in [0.3, 0.4) is 0 Å². The predicted octanol–water partition coefficient (Wildman–Crippen LogP) is 3.01. The zero-order valence-corrected chi connectivity index (χ0v) is 19.5. The Bertz CT molecular complexity index is 1330. The fourth-order valence-electron chi connectivity index (χ4n) is 3.38. The van der Waals surface area contributed by atoms with Gasteiger partial charge in [-0.3, -0.25) is 4.79 Å². The van der Waals surface area contributed by atoms with Crippen LogP contribution in [-0.2, 0) is 16.0 Å². The molecule has 0 saturated heterocycles. The fourth-order valence-corrected chi connectivity index (χ4v) is 3.71. The number of esters is 1. The zero-order valence-electron chi connectivity index (χ0n) is 18.7. The summed E-state index contributed by atoms with van der Waals surface area (Å²) in [5.74, 6) is -0.100. The van der Waals surface area contributed by atoms with Crippen molar-refractivity contribution >= 4 is 35.1 Å². The molecule has 0 unspecified atom stereocenters. The quantitative estimate of drug-likeness (QED) is 0.327. The maximum absolute atomic E-state index is 12.7. The highest BCUT2D eigenvalue weighted by Crippen LogP contribution is 2.19. The van der Waals surface area contributed by atoms with E-state index in [9.17, 15) is 9.59 Å². The molecule has 1 aromatic carbocycles. The SMILES string of the molecule is CCOC(=O)c1ccn(-c2ccc(NC(=O)Cc3c(C)nc4nc(SC)nn4c3C)cc2)n1. The van der Waals surface area contributed by atoms with E-state index < -0.39 is 5.97 Å². The van der Waals surface area contributed by atoms with Gasteiger partial charge in [-0.1, -0.05) is 11.8 Å². The van der Waals surface area contributed by atoms with Gasteiger partial charge >= 0.3 is 5.97 Å². The number of benzene rings is 1. The normalized spacial score (nSPS) is 11.0. The molecule has 0 atom stereocenters. The summed E-state index contributed by atoms with van der Waals surface area (Å²) in [5.41, 5.74) is 4.05. The molecule has 10 nitrogen and oxygen atoms in total. The number of aromatic nitrogens is 6. The van der Waals surface area contributed by atoms with Crippen LogP contribution in [0.4, 0.5) is 5.69 Å². The Kier molecular flexibility index (Phi) is 6.40. The summed E-state index contributed by atoms with van der Waals surface area (Å²) in [6, 6.07) is 8.77. The lowest BCUT2D eigenvalue weighted by Gasteiger charge is -2.11. The van der Waals surface area contributed by atoms with Gasteiger partial charge in [0.2, 0.25) is 11.1 Å². The van der Waals surface area contributed by atoms with Crippen molar-refractivity contribution in [2.24, 2.45) is 0 Å². The Morgan fingerprint density at radius 1 is 1.09 bits per heavy atom. The molecule has 3 aromatic heterocycles. The van der Waals surface area contributed by atoms with Crippen molar-refractivity contribution in [2.45, 2.75) is 32.3 Å². The number of amides is 1. The summed E-state index contributed by atoms with van der Waals surface area (Å²) in [5, 5.41) is 12.2. The monoisotopic (exact) mass is 465 g/mol. The zero-order chi connectivity index (χ0) is 23.5. The minimum absolute atomic E-state index is 0.163. The minimum atomic E-state index is -0.464. The van der Waals surface area contributed by atoms with Crippen molar-refractivity contribution in [1.82, 2.24) is 29.4 Å². The average molecular weight is 466 g/mol. The minimum Gasteiger partial charge on any atom is -0.461 e. The highest BCUT2D eigenvalue weighted by atomic mass is 32.2. The number of rotatable bonds is 7. The van der Waals surface area contributed by atoms with E-state index in [2.05, 4.69) is 25.5 Å². The van der Waals surface area contributed by atoms with E-state index in [1.807, 2.05) is 20.1 Å². The van der Waals surface area contributed by atoms with Crippen LogP contribution in [0.1, 0.15) is 34.4 Å². The highest BCUT2D eigenvalue weighted by molar-refractivity contribution is 7.98. The standard InChI is InChI=1S/C22H23N7O3S/c1-5-32-20(31)18-10-11-28(26-18)16-8-6-15(7-9-16)24-19(30)12-17-13(2)23-21-25-22(33-4)27-29(21)14(17)3/h6-11H,5,12H2,1-4H3,(H,24,30). The molecule has 0 saturated carbocycles. The van der Waals surface area contributed by atoms with Gasteiger partial charge in [-0.15, -0.1) is 5.10 Å². The van der Waals surface area contributed by atoms with Gasteiger partial charge in [0.05, 0.1) is 18.7 Å². The third kappa shape index (κ3) is 4.72. The third-order valence-electron chi connectivity index (χ3n) is 5.04. The number of nitrogens with one attached hydrogen (secondary N) is 1. The van der Waals surface area contributed by atoms with Crippen molar-refractivity contribution < 1.29 is 14.3 Å². The first-order valence-electron chi connectivity index (χ1n) is 10.3. The molecule has 0 fully saturated rings. The van der Waals surface area contributed by atoms with Crippen LogP contribution in [-0.4, -0.2) is 54.1 Å². The maximum Gasteiger partial charge on any atom is 0.358 e. The molecule has 0 aliphatic rings. The number of thioether (sulfide) groups is 1. The lowest BCUT2D eigenvalue weighted by atomic mass is 10.1. The molecule has 1 amide bonds. The van der Waals surface area contributed by atoms with Gasteiger partial charge in [0.15, 0.2) is 5.69 Å². The van der Waals surface area contributed by atoms with E-state index in [0.29, 0.717) is 23.2 Å². The second kappa shape index (κ2) is 9.41. The Morgan fingerprint density at radius 2 is 1.85 bits per heavy atom. The Labute approximate surface area is 194 Å². The van der Waals surface area contributed by atoms with Crippen LogP contribution < -0.4 is 5.32 Å². The van der Waals surface area contributed by atoms with Crippen molar-refractivity contribution in [1.29, 1.82) is 0 Å². The molecule has 0 radical (unpaired) electrons. The van der Waals surface area contributed by atoms with Crippen molar-refractivity contribution in [3.8, 4) is 5.69 Å². The summed E-state index contributed by atoms with van der Waals surface area (Å²) >= 11 is 1.44. The predicted molar refractivity (Wildman–Crippen MR) is 124 cm³/mol. The molecular formula is C22H23N7O3S. The largest absolute Gasteiger partial charge is 0.461 e. The van der Waals surface area contributed by atoms with Crippen LogP contribution in [0.25, 0.3) is 11.5 Å². The number of aryl methyl sites for hydroxylation is 2. The first-order valence-corrected chi connectivity index (χ1v) is 11.5. The van der Waals surface area contributed by atoms with Crippen molar-refractivity contribution in [3.05, 3.63) is 59.2 Å². The molecule has 170 valence electrons. The topological polar surface area (TPSA) is 116 Å². The van der Waals surface area contributed by atoms with Crippen molar-refractivity contribution in [2.75, 3.05) is 18.2 Å². The van der Waals surface area contributed by atoms with Crippen LogP contribution in [0.5, 0.6) is 0 Å². The first kappa shape index (κ1) is 22.5. The molecule has 0 spiro atoms. The molecule has 1 N–H and O–H groups in total. The number of hydrogen-bond acceptors (Lipinski definition) is 8. The summed E-state index contributed by atoms with van der Waals surface area (Å²) in [4.78, 5) is 33.4. The van der Waals surface area contributed by atoms with Crippen molar-refractivity contribution in [3.63, 3.8) is 0 Å². The highest BCUT2D eigenvalue weighted by Gasteiger charge is 2.16. The number of hydrogen-bond donors (Lipinski definition) is 1. The molecule has 11 heteroatoms. The lowest BCUT2D eigenvalue weighted by Crippen LogP contribution is -2.17. The molecule has 33 heavy (non-hydrogen) atoms. The van der Waals surface area contributed by atoms with Gasteiger partial charge in [0.1, 0.15) is 0 Å². The fraction of sp³-hybridized carbons (Fsp3) is 0.273. The van der Waals surface area contributed by atoms with E-state index in [1.165, 1.54) is 11.8 Å². The third-order valence-corrected chi connectivity index (χ3v) is 5.58. The maximum atomic E-state index is 12.7. The number of anilines is 1. The van der Waals surface area contributed by atoms with Gasteiger partial charge < -0.3 is 10.1 Å². The van der Waals surface area contributed by atoms with Crippen LogP contribution >= 0.6 is 11.8 Å². The molecule has 0 bridgehead atoms. The van der Waals surface area contributed by atoms with Gasteiger partial charge in [-0.2, -0.15) is 10.1 Å².